The number of benzene rings is 1. The van der Waals surface area contributed by atoms with Crippen molar-refractivity contribution in [2.24, 2.45) is 5.84 Å². The molecule has 0 spiro atoms. The molecule has 0 bridgehead atoms. The third-order valence-corrected chi connectivity index (χ3v) is 3.55. The van der Waals surface area contributed by atoms with E-state index in [0.717, 1.165) is 28.8 Å². The van der Waals surface area contributed by atoms with Crippen molar-refractivity contribution in [1.82, 2.24) is 9.91 Å². The van der Waals surface area contributed by atoms with Gasteiger partial charge in [-0.3, -0.25) is 5.01 Å². The van der Waals surface area contributed by atoms with E-state index in [4.69, 9.17) is 10.6 Å². The number of amides is 2. The molecule has 0 saturated carbocycles. The molecule has 2 N–H and O–H groups in total. The van der Waals surface area contributed by atoms with Gasteiger partial charge in [-0.05, 0) is 40.0 Å². The molecule has 2 amide bonds. The Kier molecular flexibility index (Phi) is 4.08. The van der Waals surface area contributed by atoms with Crippen molar-refractivity contribution in [3.63, 3.8) is 0 Å². The number of halogens is 1. The molecule has 5 nitrogen and oxygen atoms in total. The summed E-state index contributed by atoms with van der Waals surface area (Å²) in [4.78, 5) is 13.6. The maximum Gasteiger partial charge on any atom is 0.334 e. The van der Waals surface area contributed by atoms with Crippen LogP contribution in [-0.2, 0) is 6.54 Å². The molecular formula is C12H16BrN3O2. The number of hydrogen-bond acceptors (Lipinski definition) is 3. The van der Waals surface area contributed by atoms with Crippen molar-refractivity contribution in [2.75, 3.05) is 20.2 Å². The fraction of sp³-hybridized carbons (Fsp3) is 0.417. The van der Waals surface area contributed by atoms with E-state index >= 15 is 0 Å². The minimum Gasteiger partial charge on any atom is -0.496 e. The molecule has 1 aliphatic rings. The molecule has 0 atom stereocenters. The Bertz CT molecular complexity index is 453. The summed E-state index contributed by atoms with van der Waals surface area (Å²) in [5, 5.41) is 1.27. The molecule has 0 radical (unpaired) electrons. The molecule has 1 fully saturated rings. The van der Waals surface area contributed by atoms with Gasteiger partial charge in [0.05, 0.1) is 11.6 Å². The number of carbonyl (C=O) groups is 1. The largest absolute Gasteiger partial charge is 0.496 e. The van der Waals surface area contributed by atoms with Gasteiger partial charge >= 0.3 is 6.03 Å². The number of nitrogens with zero attached hydrogens (tertiary/aromatic N) is 2. The van der Waals surface area contributed by atoms with Gasteiger partial charge in [-0.1, -0.05) is 6.07 Å². The third kappa shape index (κ3) is 2.76. The van der Waals surface area contributed by atoms with Gasteiger partial charge in [0.1, 0.15) is 5.75 Å². The molecule has 6 heteroatoms. The smallest absolute Gasteiger partial charge is 0.334 e. The van der Waals surface area contributed by atoms with Gasteiger partial charge in [-0.25, -0.2) is 10.6 Å². The average Bonchev–Trinajstić information content (AvgIpc) is 2.35. The molecule has 1 aliphatic heterocycles. The van der Waals surface area contributed by atoms with Crippen LogP contribution in [0.3, 0.4) is 0 Å². The lowest BCUT2D eigenvalue weighted by Gasteiger charge is -2.32. The second-order valence-corrected chi connectivity index (χ2v) is 5.07. The maximum absolute atomic E-state index is 11.8. The lowest BCUT2D eigenvalue weighted by Crippen LogP contribution is -2.52. The third-order valence-electron chi connectivity index (χ3n) is 2.93. The maximum atomic E-state index is 11.8. The van der Waals surface area contributed by atoms with Crippen LogP contribution in [0.5, 0.6) is 5.75 Å². The quantitative estimate of drug-likeness (QED) is 0.685. The molecule has 1 heterocycles. The first kappa shape index (κ1) is 13.2. The van der Waals surface area contributed by atoms with E-state index in [0.29, 0.717) is 13.1 Å². The van der Waals surface area contributed by atoms with Gasteiger partial charge in [-0.2, -0.15) is 0 Å². The van der Waals surface area contributed by atoms with Crippen LogP contribution in [0.1, 0.15) is 12.0 Å². The molecule has 1 aromatic rings. The van der Waals surface area contributed by atoms with Crippen molar-refractivity contribution in [2.45, 2.75) is 13.0 Å². The Labute approximate surface area is 115 Å². The molecule has 0 aliphatic carbocycles. The van der Waals surface area contributed by atoms with E-state index in [9.17, 15) is 4.79 Å². The highest BCUT2D eigenvalue weighted by Gasteiger charge is 2.23. The topological polar surface area (TPSA) is 58.8 Å². The van der Waals surface area contributed by atoms with Crippen LogP contribution in [0.4, 0.5) is 4.79 Å². The summed E-state index contributed by atoms with van der Waals surface area (Å²) in [7, 11) is 1.63. The zero-order valence-electron chi connectivity index (χ0n) is 10.2. The minimum absolute atomic E-state index is 0.117. The number of carbonyl (C=O) groups excluding carboxylic acids is 1. The summed E-state index contributed by atoms with van der Waals surface area (Å²) in [5.74, 6) is 6.39. The number of ether oxygens (including phenoxy) is 1. The molecule has 1 saturated heterocycles. The Balaban J connectivity index is 2.09. The summed E-state index contributed by atoms with van der Waals surface area (Å²) in [6.45, 7) is 1.94. The number of nitrogens with two attached hydrogens (primary N) is 1. The SMILES string of the molecule is COc1ccc(CN2CCCN(N)C2=O)cc1Br. The molecule has 18 heavy (non-hydrogen) atoms. The standard InChI is InChI=1S/C12H16BrN3O2/c1-18-11-4-3-9(7-10(11)13)8-15-5-2-6-16(14)12(15)17/h3-4,7H,2,5-6,8,14H2,1H3. The van der Waals surface area contributed by atoms with Gasteiger partial charge in [0.2, 0.25) is 0 Å². The van der Waals surface area contributed by atoms with Crippen LogP contribution in [0.15, 0.2) is 22.7 Å². The monoisotopic (exact) mass is 313 g/mol. The molecule has 98 valence electrons. The van der Waals surface area contributed by atoms with Gasteiger partial charge in [-0.15, -0.1) is 0 Å². The fourth-order valence-corrected chi connectivity index (χ4v) is 2.57. The van der Waals surface area contributed by atoms with Crippen molar-refractivity contribution in [3.8, 4) is 5.75 Å². The zero-order valence-corrected chi connectivity index (χ0v) is 11.8. The van der Waals surface area contributed by atoms with Crippen molar-refractivity contribution < 1.29 is 9.53 Å². The Morgan fingerprint density at radius 3 is 2.89 bits per heavy atom. The van der Waals surface area contributed by atoms with Gasteiger partial charge in [0.15, 0.2) is 0 Å². The number of rotatable bonds is 3. The fourth-order valence-electron chi connectivity index (χ4n) is 1.98. The van der Waals surface area contributed by atoms with Crippen LogP contribution in [0.25, 0.3) is 0 Å². The summed E-state index contributed by atoms with van der Waals surface area (Å²) < 4.78 is 6.06. The van der Waals surface area contributed by atoms with Gasteiger partial charge < -0.3 is 9.64 Å². The summed E-state index contributed by atoms with van der Waals surface area (Å²) in [6, 6.07) is 5.68. The molecule has 0 aromatic heterocycles. The van der Waals surface area contributed by atoms with E-state index in [-0.39, 0.29) is 6.03 Å². The van der Waals surface area contributed by atoms with Crippen molar-refractivity contribution >= 4 is 22.0 Å². The second-order valence-electron chi connectivity index (χ2n) is 4.22. The lowest BCUT2D eigenvalue weighted by atomic mass is 10.2. The minimum atomic E-state index is -0.117. The van der Waals surface area contributed by atoms with E-state index in [2.05, 4.69) is 15.9 Å². The van der Waals surface area contributed by atoms with Crippen LogP contribution in [0, 0.1) is 0 Å². The summed E-state index contributed by atoms with van der Waals surface area (Å²) in [6.07, 6.45) is 0.902. The Morgan fingerprint density at radius 1 is 1.44 bits per heavy atom. The highest BCUT2D eigenvalue weighted by Crippen LogP contribution is 2.26. The van der Waals surface area contributed by atoms with Crippen LogP contribution in [0.2, 0.25) is 0 Å². The van der Waals surface area contributed by atoms with Crippen LogP contribution < -0.4 is 10.6 Å². The van der Waals surface area contributed by atoms with E-state index in [1.54, 1.807) is 12.0 Å². The van der Waals surface area contributed by atoms with Crippen molar-refractivity contribution in [1.29, 1.82) is 0 Å². The van der Waals surface area contributed by atoms with Crippen LogP contribution in [-0.4, -0.2) is 36.1 Å². The first-order valence-electron chi connectivity index (χ1n) is 5.75. The van der Waals surface area contributed by atoms with Crippen molar-refractivity contribution in [3.05, 3.63) is 28.2 Å². The van der Waals surface area contributed by atoms with Gasteiger partial charge in [0, 0.05) is 19.6 Å². The molecule has 2 rings (SSSR count). The predicted molar refractivity (Wildman–Crippen MR) is 72.0 cm³/mol. The van der Waals surface area contributed by atoms with E-state index < -0.39 is 0 Å². The average molecular weight is 314 g/mol. The predicted octanol–water partition coefficient (Wildman–Crippen LogP) is 1.96. The van der Waals surface area contributed by atoms with Crippen LogP contribution >= 0.6 is 15.9 Å². The van der Waals surface area contributed by atoms with Gasteiger partial charge in [0.25, 0.3) is 0 Å². The number of hydrogen-bond donors (Lipinski definition) is 1. The number of methoxy groups -OCH3 is 1. The summed E-state index contributed by atoms with van der Waals surface area (Å²) >= 11 is 3.44. The zero-order chi connectivity index (χ0) is 13.1. The van der Waals surface area contributed by atoms with E-state index in [1.807, 2.05) is 18.2 Å². The Hall–Kier alpha value is -1.27. The number of hydrazine groups is 1. The lowest BCUT2D eigenvalue weighted by molar-refractivity contribution is 0.127. The van der Waals surface area contributed by atoms with E-state index in [1.165, 1.54) is 5.01 Å². The molecular weight excluding hydrogens is 298 g/mol. The Morgan fingerprint density at radius 2 is 2.22 bits per heavy atom. The number of urea groups is 1. The summed E-state index contributed by atoms with van der Waals surface area (Å²) in [5.41, 5.74) is 1.05. The second kappa shape index (κ2) is 5.58. The first-order chi connectivity index (χ1) is 8.61. The molecule has 1 aromatic carbocycles. The molecule has 0 unspecified atom stereocenters. The highest BCUT2D eigenvalue weighted by molar-refractivity contribution is 9.10. The highest BCUT2D eigenvalue weighted by atomic mass is 79.9. The first-order valence-corrected chi connectivity index (χ1v) is 6.54. The normalized spacial score (nSPS) is 16.1.